The van der Waals surface area contributed by atoms with Crippen LogP contribution in [0.25, 0.3) is 0 Å². The van der Waals surface area contributed by atoms with E-state index in [4.69, 9.17) is 4.74 Å². The van der Waals surface area contributed by atoms with Crippen molar-refractivity contribution in [2.45, 2.75) is 49.5 Å². The summed E-state index contributed by atoms with van der Waals surface area (Å²) < 4.78 is 5.82. The Morgan fingerprint density at radius 2 is 1.69 bits per heavy atom. The summed E-state index contributed by atoms with van der Waals surface area (Å²) in [5.74, 6) is 0.00505. The van der Waals surface area contributed by atoms with E-state index < -0.39 is 11.0 Å². The summed E-state index contributed by atoms with van der Waals surface area (Å²) in [6.45, 7) is 1.76. The van der Waals surface area contributed by atoms with Gasteiger partial charge in [0.05, 0.1) is 17.5 Å². The largest absolute Gasteiger partial charge is 0.449 e. The molecule has 1 saturated carbocycles. The number of carbonyl (C=O) groups excluding carboxylic acids is 3. The monoisotopic (exact) mass is 430 g/mol. The Labute approximate surface area is 187 Å². The number of likely N-dealkylation sites (tertiary alicyclic amines) is 1. The predicted molar refractivity (Wildman–Crippen MR) is 118 cm³/mol. The maximum absolute atomic E-state index is 13.6. The number of piperidine rings is 1. The fraction of sp³-hybridized carbons (Fsp3) is 0.423. The van der Waals surface area contributed by atoms with Crippen molar-refractivity contribution in [1.82, 2.24) is 4.90 Å². The molecule has 0 bridgehead atoms. The van der Waals surface area contributed by atoms with Crippen LogP contribution in [-0.2, 0) is 25.3 Å². The van der Waals surface area contributed by atoms with Gasteiger partial charge in [-0.1, -0.05) is 30.3 Å². The molecule has 6 rings (SSSR count). The third-order valence-corrected chi connectivity index (χ3v) is 7.66. The van der Waals surface area contributed by atoms with Gasteiger partial charge in [-0.25, -0.2) is 4.79 Å². The van der Waals surface area contributed by atoms with E-state index in [1.165, 1.54) is 0 Å². The van der Waals surface area contributed by atoms with Crippen molar-refractivity contribution in [3.8, 4) is 0 Å². The fourth-order valence-corrected chi connectivity index (χ4v) is 5.70. The molecule has 0 aromatic heterocycles. The van der Waals surface area contributed by atoms with Crippen LogP contribution in [0.2, 0.25) is 0 Å². The molecular formula is C26H26N2O4. The molecule has 32 heavy (non-hydrogen) atoms. The van der Waals surface area contributed by atoms with Gasteiger partial charge in [0, 0.05) is 37.2 Å². The number of benzene rings is 2. The number of fused-ring (bicyclic) bond motifs is 2. The number of ether oxygens (including phenoxy) is 1. The van der Waals surface area contributed by atoms with Crippen molar-refractivity contribution in [1.29, 1.82) is 0 Å². The van der Waals surface area contributed by atoms with Crippen molar-refractivity contribution in [2.24, 2.45) is 0 Å². The molecule has 1 atom stereocenters. The first-order valence-electron chi connectivity index (χ1n) is 11.6. The van der Waals surface area contributed by atoms with Crippen molar-refractivity contribution in [3.63, 3.8) is 0 Å². The zero-order valence-corrected chi connectivity index (χ0v) is 18.0. The zero-order valence-electron chi connectivity index (χ0n) is 18.0. The average molecular weight is 431 g/mol. The maximum Gasteiger partial charge on any atom is 0.339 e. The molecule has 2 amide bonds. The Morgan fingerprint density at radius 1 is 0.906 bits per heavy atom. The standard InChI is InChI=1S/C26H26N2O4/c29-22-7-3-4-15-28(22)19-10-8-18(9-11-19)25(12-13-25)24(31)27-16-14-26(17-27)21-6-2-1-5-20(21)23(30)32-26/h1-2,5-6,8-11H,3-4,7,12-17H2. The number of carbonyl (C=O) groups is 3. The Morgan fingerprint density at radius 3 is 2.44 bits per heavy atom. The maximum atomic E-state index is 13.6. The van der Waals surface area contributed by atoms with Gasteiger partial charge in [0.15, 0.2) is 5.60 Å². The van der Waals surface area contributed by atoms with Gasteiger partial charge in [-0.15, -0.1) is 0 Å². The molecule has 3 heterocycles. The van der Waals surface area contributed by atoms with Crippen LogP contribution >= 0.6 is 0 Å². The lowest BCUT2D eigenvalue weighted by molar-refractivity contribution is -0.134. The van der Waals surface area contributed by atoms with E-state index in [1.807, 2.05) is 52.3 Å². The van der Waals surface area contributed by atoms with E-state index in [-0.39, 0.29) is 17.8 Å². The molecule has 164 valence electrons. The summed E-state index contributed by atoms with van der Waals surface area (Å²) in [5.41, 5.74) is 2.25. The molecule has 0 radical (unpaired) electrons. The number of amides is 2. The van der Waals surface area contributed by atoms with Crippen molar-refractivity contribution >= 4 is 23.5 Å². The van der Waals surface area contributed by atoms with Crippen LogP contribution in [0.1, 0.15) is 60.0 Å². The molecule has 3 fully saturated rings. The van der Waals surface area contributed by atoms with E-state index in [9.17, 15) is 14.4 Å². The van der Waals surface area contributed by atoms with E-state index in [0.717, 1.165) is 49.0 Å². The van der Waals surface area contributed by atoms with Gasteiger partial charge in [0.1, 0.15) is 0 Å². The summed E-state index contributed by atoms with van der Waals surface area (Å²) in [4.78, 5) is 42.0. The summed E-state index contributed by atoms with van der Waals surface area (Å²) in [5, 5.41) is 0. The van der Waals surface area contributed by atoms with E-state index in [1.54, 1.807) is 6.07 Å². The third-order valence-electron chi connectivity index (χ3n) is 7.66. The predicted octanol–water partition coefficient (Wildman–Crippen LogP) is 3.53. The van der Waals surface area contributed by atoms with Crippen LogP contribution in [0.15, 0.2) is 48.5 Å². The second-order valence-electron chi connectivity index (χ2n) is 9.54. The van der Waals surface area contributed by atoms with Gasteiger partial charge >= 0.3 is 5.97 Å². The summed E-state index contributed by atoms with van der Waals surface area (Å²) in [6, 6.07) is 15.5. The Balaban J connectivity index is 1.22. The molecule has 2 aromatic carbocycles. The Kier molecular flexibility index (Phi) is 4.23. The van der Waals surface area contributed by atoms with Crippen molar-refractivity contribution in [2.75, 3.05) is 24.5 Å². The number of hydrogen-bond acceptors (Lipinski definition) is 4. The first-order valence-corrected chi connectivity index (χ1v) is 11.6. The van der Waals surface area contributed by atoms with Crippen LogP contribution < -0.4 is 4.90 Å². The van der Waals surface area contributed by atoms with E-state index in [2.05, 4.69) is 0 Å². The number of rotatable bonds is 3. The highest BCUT2D eigenvalue weighted by atomic mass is 16.6. The number of hydrogen-bond donors (Lipinski definition) is 0. The summed E-state index contributed by atoms with van der Waals surface area (Å²) >= 11 is 0. The van der Waals surface area contributed by atoms with Gasteiger partial charge in [-0.2, -0.15) is 0 Å². The third kappa shape index (κ3) is 2.81. The number of nitrogens with zero attached hydrogens (tertiary/aromatic N) is 2. The molecule has 0 N–H and O–H groups in total. The summed E-state index contributed by atoms with van der Waals surface area (Å²) in [7, 11) is 0. The van der Waals surface area contributed by atoms with E-state index >= 15 is 0 Å². The molecule has 6 nitrogen and oxygen atoms in total. The Hall–Kier alpha value is -3.15. The first kappa shape index (κ1) is 19.5. The fourth-order valence-electron chi connectivity index (χ4n) is 5.70. The Bertz CT molecular complexity index is 1120. The number of esters is 1. The van der Waals surface area contributed by atoms with Gasteiger partial charge in [0.25, 0.3) is 0 Å². The quantitative estimate of drug-likeness (QED) is 0.699. The highest BCUT2D eigenvalue weighted by molar-refractivity contribution is 5.96. The molecule has 1 unspecified atom stereocenters. The summed E-state index contributed by atoms with van der Waals surface area (Å²) in [6.07, 6.45) is 4.88. The van der Waals surface area contributed by atoms with E-state index in [0.29, 0.717) is 31.5 Å². The normalized spacial score (nSPS) is 25.8. The lowest BCUT2D eigenvalue weighted by atomic mass is 9.91. The molecule has 2 aromatic rings. The topological polar surface area (TPSA) is 66.9 Å². The smallest absolute Gasteiger partial charge is 0.339 e. The van der Waals surface area contributed by atoms with Gasteiger partial charge in [-0.3, -0.25) is 9.59 Å². The van der Waals surface area contributed by atoms with Crippen molar-refractivity contribution < 1.29 is 19.1 Å². The average Bonchev–Trinajstić information content (AvgIpc) is 3.45. The highest BCUT2D eigenvalue weighted by Gasteiger charge is 2.57. The van der Waals surface area contributed by atoms with Crippen LogP contribution in [0.5, 0.6) is 0 Å². The van der Waals surface area contributed by atoms with Gasteiger partial charge < -0.3 is 14.5 Å². The lowest BCUT2D eigenvalue weighted by Gasteiger charge is -2.28. The molecule has 4 aliphatic rings. The van der Waals surface area contributed by atoms with Crippen LogP contribution in [-0.4, -0.2) is 42.3 Å². The van der Waals surface area contributed by atoms with Crippen LogP contribution in [0, 0.1) is 0 Å². The zero-order chi connectivity index (χ0) is 21.9. The molecule has 1 spiro atoms. The lowest BCUT2D eigenvalue weighted by Crippen LogP contribution is -2.40. The minimum Gasteiger partial charge on any atom is -0.449 e. The second kappa shape index (κ2) is 6.92. The first-order chi connectivity index (χ1) is 15.5. The molecule has 2 saturated heterocycles. The van der Waals surface area contributed by atoms with Gasteiger partial charge in [-0.05, 0) is 49.4 Å². The van der Waals surface area contributed by atoms with Crippen LogP contribution in [0.3, 0.4) is 0 Å². The van der Waals surface area contributed by atoms with Crippen molar-refractivity contribution in [3.05, 3.63) is 65.2 Å². The molecule has 3 aliphatic heterocycles. The second-order valence-corrected chi connectivity index (χ2v) is 9.54. The minimum atomic E-state index is -0.710. The van der Waals surface area contributed by atoms with Gasteiger partial charge in [0.2, 0.25) is 11.8 Å². The number of anilines is 1. The molecule has 6 heteroatoms. The molecule has 1 aliphatic carbocycles. The SMILES string of the molecule is O=C1OC2(CCN(C(=O)C3(c4ccc(N5CCCCC5=O)cc4)CC3)C2)c2ccccc21. The van der Waals surface area contributed by atoms with Crippen LogP contribution in [0.4, 0.5) is 5.69 Å². The molecular weight excluding hydrogens is 404 g/mol. The highest BCUT2D eigenvalue weighted by Crippen LogP contribution is 2.52. The minimum absolute atomic E-state index is 0.122.